The van der Waals surface area contributed by atoms with Crippen molar-refractivity contribution in [3.05, 3.63) is 29.8 Å². The Kier molecular flexibility index (Phi) is 9.86. The number of hydrogen-bond donors (Lipinski definition) is 1. The lowest BCUT2D eigenvalue weighted by atomic mass is 9.95. The molecule has 0 aliphatic carbocycles. The molecule has 2 rings (SSSR count). The van der Waals surface area contributed by atoms with E-state index in [1.165, 1.54) is 0 Å². The monoisotopic (exact) mass is 370 g/mol. The van der Waals surface area contributed by atoms with Crippen molar-refractivity contribution in [2.24, 2.45) is 5.73 Å². The van der Waals surface area contributed by atoms with Gasteiger partial charge in [0.05, 0.1) is 13.2 Å². The Labute approximate surface area is 157 Å². The Bertz CT molecular complexity index is 519. The van der Waals surface area contributed by atoms with Crippen LogP contribution in [-0.2, 0) is 9.53 Å². The van der Waals surface area contributed by atoms with Gasteiger partial charge in [-0.25, -0.2) is 0 Å². The Balaban J connectivity index is 0.00000312. The standard InChI is InChI=1S/C19H30N2O3.ClH/c1-15(17-6-3-4-7-18(17)23-2)14-19(22)21-11-8-16(9-12-21)24-13-5-10-20;/h3-4,6-7,15-16H,5,8-14,20H2,1-2H3;1H. The van der Waals surface area contributed by atoms with Crippen LogP contribution in [0.4, 0.5) is 0 Å². The highest BCUT2D eigenvalue weighted by atomic mass is 35.5. The van der Waals surface area contributed by atoms with Crippen LogP contribution in [0.5, 0.6) is 5.75 Å². The molecule has 1 aromatic carbocycles. The van der Waals surface area contributed by atoms with Crippen LogP contribution in [0.1, 0.15) is 44.1 Å². The smallest absolute Gasteiger partial charge is 0.223 e. The van der Waals surface area contributed by atoms with Gasteiger partial charge >= 0.3 is 0 Å². The fraction of sp³-hybridized carbons (Fsp3) is 0.632. The van der Waals surface area contributed by atoms with E-state index in [1.807, 2.05) is 29.2 Å². The Morgan fingerprint density at radius 1 is 1.32 bits per heavy atom. The number of ether oxygens (including phenoxy) is 2. The van der Waals surface area contributed by atoms with E-state index in [0.29, 0.717) is 13.0 Å². The second-order valence-electron chi connectivity index (χ2n) is 6.44. The fourth-order valence-electron chi connectivity index (χ4n) is 3.18. The molecule has 1 unspecified atom stereocenters. The third-order valence-electron chi connectivity index (χ3n) is 4.65. The number of para-hydroxylation sites is 1. The van der Waals surface area contributed by atoms with Gasteiger partial charge in [-0.1, -0.05) is 25.1 Å². The lowest BCUT2D eigenvalue weighted by Gasteiger charge is -2.32. The average Bonchev–Trinajstić information content (AvgIpc) is 2.62. The molecule has 1 aliphatic heterocycles. The van der Waals surface area contributed by atoms with Crippen LogP contribution in [0.25, 0.3) is 0 Å². The normalized spacial score (nSPS) is 16.2. The summed E-state index contributed by atoms with van der Waals surface area (Å²) in [6.45, 7) is 5.03. The number of nitrogens with two attached hydrogens (primary N) is 1. The maximum Gasteiger partial charge on any atom is 0.223 e. The maximum absolute atomic E-state index is 12.6. The van der Waals surface area contributed by atoms with Crippen molar-refractivity contribution < 1.29 is 14.3 Å². The molecule has 0 saturated carbocycles. The lowest BCUT2D eigenvalue weighted by molar-refractivity contribution is -0.134. The molecule has 1 fully saturated rings. The van der Waals surface area contributed by atoms with Gasteiger partial charge < -0.3 is 20.1 Å². The maximum atomic E-state index is 12.6. The van der Waals surface area contributed by atoms with Crippen LogP contribution in [0, 0.1) is 0 Å². The molecule has 1 aromatic rings. The zero-order valence-electron chi connectivity index (χ0n) is 15.3. The number of carbonyl (C=O) groups is 1. The molecular formula is C19H31ClN2O3. The SMILES string of the molecule is COc1ccccc1C(C)CC(=O)N1CCC(OCCCN)CC1.Cl. The second kappa shape index (κ2) is 11.3. The Morgan fingerprint density at radius 3 is 2.64 bits per heavy atom. The minimum atomic E-state index is 0. The molecule has 1 saturated heterocycles. The van der Waals surface area contributed by atoms with Gasteiger partial charge in [-0.3, -0.25) is 4.79 Å². The highest BCUT2D eigenvalue weighted by Crippen LogP contribution is 2.29. The highest BCUT2D eigenvalue weighted by molar-refractivity contribution is 5.85. The number of methoxy groups -OCH3 is 1. The Morgan fingerprint density at radius 2 is 2.00 bits per heavy atom. The van der Waals surface area contributed by atoms with Crippen molar-refractivity contribution in [3.63, 3.8) is 0 Å². The van der Waals surface area contributed by atoms with Crippen LogP contribution in [-0.4, -0.2) is 50.3 Å². The van der Waals surface area contributed by atoms with Crippen molar-refractivity contribution in [1.82, 2.24) is 4.90 Å². The predicted octanol–water partition coefficient (Wildman–Crippen LogP) is 2.97. The third-order valence-corrected chi connectivity index (χ3v) is 4.65. The van der Waals surface area contributed by atoms with E-state index in [2.05, 4.69) is 6.92 Å². The molecule has 25 heavy (non-hydrogen) atoms. The first-order valence-electron chi connectivity index (χ1n) is 8.88. The number of piperidine rings is 1. The van der Waals surface area contributed by atoms with E-state index >= 15 is 0 Å². The van der Waals surface area contributed by atoms with Crippen molar-refractivity contribution in [3.8, 4) is 5.75 Å². The van der Waals surface area contributed by atoms with Crippen LogP contribution in [0.15, 0.2) is 24.3 Å². The Hall–Kier alpha value is -1.30. The summed E-state index contributed by atoms with van der Waals surface area (Å²) in [4.78, 5) is 14.5. The van der Waals surface area contributed by atoms with Crippen LogP contribution in [0.3, 0.4) is 0 Å². The predicted molar refractivity (Wildman–Crippen MR) is 102 cm³/mol. The molecule has 1 aliphatic rings. The summed E-state index contributed by atoms with van der Waals surface area (Å²) in [5, 5.41) is 0. The summed E-state index contributed by atoms with van der Waals surface area (Å²) in [7, 11) is 1.67. The molecule has 6 heteroatoms. The van der Waals surface area contributed by atoms with Gasteiger partial charge in [-0.15, -0.1) is 12.4 Å². The molecule has 1 heterocycles. The number of rotatable bonds is 8. The summed E-state index contributed by atoms with van der Waals surface area (Å²) < 4.78 is 11.2. The van der Waals surface area contributed by atoms with Gasteiger partial charge in [-0.05, 0) is 43.4 Å². The molecule has 0 spiro atoms. The molecule has 1 amide bonds. The summed E-state index contributed by atoms with van der Waals surface area (Å²) in [5.74, 6) is 1.21. The van der Waals surface area contributed by atoms with Gasteiger partial charge in [0.1, 0.15) is 5.75 Å². The lowest BCUT2D eigenvalue weighted by Crippen LogP contribution is -2.41. The number of likely N-dealkylation sites (tertiary alicyclic amines) is 1. The van der Waals surface area contributed by atoms with E-state index in [-0.39, 0.29) is 30.3 Å². The molecule has 2 N–H and O–H groups in total. The van der Waals surface area contributed by atoms with E-state index in [1.54, 1.807) is 7.11 Å². The van der Waals surface area contributed by atoms with Crippen molar-refractivity contribution in [2.75, 3.05) is 33.4 Å². The van der Waals surface area contributed by atoms with Crippen molar-refractivity contribution in [2.45, 2.75) is 44.6 Å². The van der Waals surface area contributed by atoms with E-state index < -0.39 is 0 Å². The van der Waals surface area contributed by atoms with Gasteiger partial charge in [0, 0.05) is 26.1 Å². The third kappa shape index (κ3) is 6.49. The number of hydrogen-bond acceptors (Lipinski definition) is 4. The van der Waals surface area contributed by atoms with Crippen LogP contribution in [0.2, 0.25) is 0 Å². The summed E-state index contributed by atoms with van der Waals surface area (Å²) >= 11 is 0. The van der Waals surface area contributed by atoms with Gasteiger partial charge in [0.25, 0.3) is 0 Å². The second-order valence-corrected chi connectivity index (χ2v) is 6.44. The molecule has 1 atom stereocenters. The molecule has 5 nitrogen and oxygen atoms in total. The first kappa shape index (κ1) is 21.7. The van der Waals surface area contributed by atoms with Gasteiger partial charge in [0.15, 0.2) is 0 Å². The van der Waals surface area contributed by atoms with Gasteiger partial charge in [-0.2, -0.15) is 0 Å². The largest absolute Gasteiger partial charge is 0.496 e. The average molecular weight is 371 g/mol. The number of nitrogens with zero attached hydrogens (tertiary/aromatic N) is 1. The minimum absolute atomic E-state index is 0. The first-order valence-corrected chi connectivity index (χ1v) is 8.88. The zero-order valence-corrected chi connectivity index (χ0v) is 16.1. The van der Waals surface area contributed by atoms with E-state index in [4.69, 9.17) is 15.2 Å². The number of carbonyl (C=O) groups excluding carboxylic acids is 1. The minimum Gasteiger partial charge on any atom is -0.496 e. The summed E-state index contributed by atoms with van der Waals surface area (Å²) in [6, 6.07) is 7.92. The topological polar surface area (TPSA) is 64.8 Å². The van der Waals surface area contributed by atoms with Crippen LogP contribution >= 0.6 is 12.4 Å². The molecule has 0 aromatic heterocycles. The summed E-state index contributed by atoms with van der Waals surface area (Å²) in [6.07, 6.45) is 3.51. The van der Waals surface area contributed by atoms with Crippen molar-refractivity contribution in [1.29, 1.82) is 0 Å². The van der Waals surface area contributed by atoms with Crippen LogP contribution < -0.4 is 10.5 Å². The number of halogens is 1. The quantitative estimate of drug-likeness (QED) is 0.714. The van der Waals surface area contributed by atoms with E-state index in [0.717, 1.165) is 50.3 Å². The zero-order chi connectivity index (χ0) is 17.4. The first-order chi connectivity index (χ1) is 11.7. The van der Waals surface area contributed by atoms with Crippen molar-refractivity contribution >= 4 is 18.3 Å². The molecule has 0 bridgehead atoms. The summed E-state index contributed by atoms with van der Waals surface area (Å²) in [5.41, 5.74) is 6.57. The number of benzene rings is 1. The molecular weight excluding hydrogens is 340 g/mol. The molecule has 142 valence electrons. The fourth-order valence-corrected chi connectivity index (χ4v) is 3.18. The highest BCUT2D eigenvalue weighted by Gasteiger charge is 2.25. The van der Waals surface area contributed by atoms with Gasteiger partial charge in [0.2, 0.25) is 5.91 Å². The van der Waals surface area contributed by atoms with E-state index in [9.17, 15) is 4.79 Å². The molecule has 0 radical (unpaired) electrons. The number of amides is 1.